The molecule has 1 aliphatic heterocycles. The number of alkyl halides is 2. The Morgan fingerprint density at radius 3 is 2.43 bits per heavy atom. The molecule has 0 radical (unpaired) electrons. The standard InChI is InChI=1S/C20H14F2O/c21-20(22)18-12-16-15-9-5-4-6-13(15)10-11-17(16)23-19(18,20)14-7-2-1-3-8-14/h1-11,18H,12H2. The Balaban J connectivity index is 1.70. The summed E-state index contributed by atoms with van der Waals surface area (Å²) in [7, 11) is 0. The Labute approximate surface area is 132 Å². The number of halogens is 2. The van der Waals surface area contributed by atoms with Gasteiger partial charge in [0.1, 0.15) is 5.75 Å². The molecule has 1 nitrogen and oxygen atoms in total. The molecule has 0 N–H and O–H groups in total. The van der Waals surface area contributed by atoms with Crippen LogP contribution >= 0.6 is 0 Å². The second kappa shape index (κ2) is 4.10. The third-order valence-electron chi connectivity index (χ3n) is 5.22. The lowest BCUT2D eigenvalue weighted by Gasteiger charge is -2.26. The summed E-state index contributed by atoms with van der Waals surface area (Å²) in [6.45, 7) is 0. The van der Waals surface area contributed by atoms with E-state index in [1.54, 1.807) is 24.3 Å². The first-order chi connectivity index (χ1) is 11.1. The fourth-order valence-corrected chi connectivity index (χ4v) is 4.00. The quantitative estimate of drug-likeness (QED) is 0.619. The molecule has 114 valence electrons. The molecule has 1 aliphatic carbocycles. The zero-order valence-corrected chi connectivity index (χ0v) is 12.3. The van der Waals surface area contributed by atoms with E-state index in [1.807, 2.05) is 42.5 Å². The molecule has 2 atom stereocenters. The lowest BCUT2D eigenvalue weighted by molar-refractivity contribution is 0.00831. The van der Waals surface area contributed by atoms with Gasteiger partial charge in [-0.25, -0.2) is 8.78 Å². The fourth-order valence-electron chi connectivity index (χ4n) is 4.00. The van der Waals surface area contributed by atoms with Gasteiger partial charge in [0.25, 0.3) is 5.92 Å². The van der Waals surface area contributed by atoms with E-state index in [0.29, 0.717) is 17.7 Å². The van der Waals surface area contributed by atoms with Crippen molar-refractivity contribution in [1.29, 1.82) is 0 Å². The van der Waals surface area contributed by atoms with Crippen LogP contribution in [0.1, 0.15) is 11.1 Å². The molecule has 0 spiro atoms. The number of fused-ring (bicyclic) bond motifs is 4. The van der Waals surface area contributed by atoms with Crippen LogP contribution in [0.5, 0.6) is 5.75 Å². The van der Waals surface area contributed by atoms with E-state index in [1.165, 1.54) is 0 Å². The van der Waals surface area contributed by atoms with Crippen molar-refractivity contribution in [1.82, 2.24) is 0 Å². The normalized spacial score (nSPS) is 27.0. The Kier molecular flexibility index (Phi) is 2.33. The van der Waals surface area contributed by atoms with Crippen molar-refractivity contribution >= 4 is 10.8 Å². The van der Waals surface area contributed by atoms with Gasteiger partial charge in [-0.15, -0.1) is 0 Å². The van der Waals surface area contributed by atoms with E-state index in [9.17, 15) is 8.78 Å². The number of ether oxygens (including phenoxy) is 1. The highest BCUT2D eigenvalue weighted by atomic mass is 19.3. The number of hydrogen-bond donors (Lipinski definition) is 0. The Morgan fingerprint density at radius 1 is 0.870 bits per heavy atom. The van der Waals surface area contributed by atoms with Crippen LogP contribution in [0, 0.1) is 5.92 Å². The van der Waals surface area contributed by atoms with Gasteiger partial charge in [0.2, 0.25) is 5.60 Å². The van der Waals surface area contributed by atoms with E-state index in [4.69, 9.17) is 4.74 Å². The van der Waals surface area contributed by atoms with E-state index in [-0.39, 0.29) is 0 Å². The first-order valence-corrected chi connectivity index (χ1v) is 7.77. The maximum Gasteiger partial charge on any atom is 0.299 e. The first-order valence-electron chi connectivity index (χ1n) is 7.77. The van der Waals surface area contributed by atoms with Crippen molar-refractivity contribution in [3.05, 3.63) is 77.9 Å². The van der Waals surface area contributed by atoms with Gasteiger partial charge in [-0.3, -0.25) is 0 Å². The molecule has 2 unspecified atom stereocenters. The van der Waals surface area contributed by atoms with Gasteiger partial charge in [0, 0.05) is 11.1 Å². The van der Waals surface area contributed by atoms with Gasteiger partial charge in [-0.1, -0.05) is 60.7 Å². The smallest absolute Gasteiger partial charge is 0.299 e. The topological polar surface area (TPSA) is 9.23 Å². The largest absolute Gasteiger partial charge is 0.475 e. The average Bonchev–Trinajstić information content (AvgIpc) is 3.10. The summed E-state index contributed by atoms with van der Waals surface area (Å²) in [5.74, 6) is -3.05. The minimum absolute atomic E-state index is 0.346. The molecular weight excluding hydrogens is 294 g/mol. The van der Waals surface area contributed by atoms with Crippen LogP contribution in [0.3, 0.4) is 0 Å². The highest BCUT2D eigenvalue weighted by Crippen LogP contribution is 2.70. The molecule has 23 heavy (non-hydrogen) atoms. The molecule has 3 heteroatoms. The van der Waals surface area contributed by atoms with Gasteiger partial charge in [-0.05, 0) is 23.3 Å². The van der Waals surface area contributed by atoms with Gasteiger partial charge in [0.05, 0.1) is 5.92 Å². The summed E-state index contributed by atoms with van der Waals surface area (Å²) >= 11 is 0. The lowest BCUT2D eigenvalue weighted by Crippen LogP contribution is -2.27. The predicted octanol–water partition coefficient (Wildman–Crippen LogP) is 4.94. The average molecular weight is 308 g/mol. The second-order valence-corrected chi connectivity index (χ2v) is 6.35. The van der Waals surface area contributed by atoms with Crippen LogP contribution in [0.15, 0.2) is 66.7 Å². The summed E-state index contributed by atoms with van der Waals surface area (Å²) in [6.07, 6.45) is 0.346. The van der Waals surface area contributed by atoms with Crippen LogP contribution in [-0.2, 0) is 12.0 Å². The third-order valence-corrected chi connectivity index (χ3v) is 5.22. The molecule has 0 saturated heterocycles. The summed E-state index contributed by atoms with van der Waals surface area (Å²) in [4.78, 5) is 0. The zero-order valence-electron chi connectivity index (χ0n) is 12.3. The molecule has 1 saturated carbocycles. The van der Waals surface area contributed by atoms with Crippen molar-refractivity contribution < 1.29 is 13.5 Å². The fraction of sp³-hybridized carbons (Fsp3) is 0.200. The maximum absolute atomic E-state index is 14.7. The lowest BCUT2D eigenvalue weighted by atomic mass is 9.93. The van der Waals surface area contributed by atoms with Gasteiger partial charge >= 0.3 is 0 Å². The first kappa shape index (κ1) is 13.1. The molecular formula is C20H14F2O. The van der Waals surface area contributed by atoms with Crippen molar-refractivity contribution in [2.75, 3.05) is 0 Å². The molecule has 3 aromatic carbocycles. The minimum Gasteiger partial charge on any atom is -0.475 e. The molecule has 2 aliphatic rings. The van der Waals surface area contributed by atoms with E-state index < -0.39 is 17.4 Å². The monoisotopic (exact) mass is 308 g/mol. The summed E-state index contributed by atoms with van der Waals surface area (Å²) in [5, 5.41) is 2.07. The molecule has 1 heterocycles. The molecule has 0 amide bonds. The van der Waals surface area contributed by atoms with Crippen molar-refractivity contribution in [2.45, 2.75) is 17.9 Å². The Morgan fingerprint density at radius 2 is 1.61 bits per heavy atom. The van der Waals surface area contributed by atoms with Crippen molar-refractivity contribution in [3.63, 3.8) is 0 Å². The van der Waals surface area contributed by atoms with Gasteiger partial charge in [-0.2, -0.15) is 0 Å². The summed E-state index contributed by atoms with van der Waals surface area (Å²) in [6, 6.07) is 20.5. The van der Waals surface area contributed by atoms with Gasteiger partial charge < -0.3 is 4.74 Å². The summed E-state index contributed by atoms with van der Waals surface area (Å²) in [5.41, 5.74) is -0.0328. The third kappa shape index (κ3) is 1.50. The van der Waals surface area contributed by atoms with E-state index >= 15 is 0 Å². The van der Waals surface area contributed by atoms with Gasteiger partial charge in [0.15, 0.2) is 0 Å². The maximum atomic E-state index is 14.7. The van der Waals surface area contributed by atoms with Crippen LogP contribution in [0.4, 0.5) is 8.78 Å². The molecule has 3 aromatic rings. The molecule has 5 rings (SSSR count). The van der Waals surface area contributed by atoms with Crippen LogP contribution in [0.2, 0.25) is 0 Å². The second-order valence-electron chi connectivity index (χ2n) is 6.35. The number of rotatable bonds is 1. The predicted molar refractivity (Wildman–Crippen MR) is 84.8 cm³/mol. The molecule has 0 aromatic heterocycles. The van der Waals surface area contributed by atoms with E-state index in [0.717, 1.165) is 16.3 Å². The Hall–Kier alpha value is -2.42. The highest BCUT2D eigenvalue weighted by molar-refractivity contribution is 5.88. The number of benzene rings is 3. The molecule has 0 bridgehead atoms. The SMILES string of the molecule is FC1(F)C2Cc3c(ccc4ccccc34)OC21c1ccccc1. The van der Waals surface area contributed by atoms with Crippen LogP contribution < -0.4 is 4.74 Å². The van der Waals surface area contributed by atoms with Crippen LogP contribution in [-0.4, -0.2) is 5.92 Å². The Bertz CT molecular complexity index is 919. The minimum atomic E-state index is -2.84. The molecule has 1 fully saturated rings. The van der Waals surface area contributed by atoms with E-state index in [2.05, 4.69) is 0 Å². The highest BCUT2D eigenvalue weighted by Gasteiger charge is 2.85. The number of hydrogen-bond acceptors (Lipinski definition) is 1. The zero-order chi connectivity index (χ0) is 15.7. The van der Waals surface area contributed by atoms with Crippen molar-refractivity contribution in [2.24, 2.45) is 5.92 Å². The summed E-state index contributed by atoms with van der Waals surface area (Å²) < 4.78 is 35.3. The van der Waals surface area contributed by atoms with Crippen molar-refractivity contribution in [3.8, 4) is 5.75 Å². The van der Waals surface area contributed by atoms with Crippen LogP contribution in [0.25, 0.3) is 10.8 Å².